The van der Waals surface area contributed by atoms with E-state index >= 15 is 0 Å². The zero-order valence-corrected chi connectivity index (χ0v) is 7.79. The van der Waals surface area contributed by atoms with Crippen molar-refractivity contribution in [1.82, 2.24) is 9.80 Å². The van der Waals surface area contributed by atoms with Crippen LogP contribution >= 0.6 is 0 Å². The molecule has 0 aromatic carbocycles. The van der Waals surface area contributed by atoms with Gasteiger partial charge in [-0.15, -0.1) is 0 Å². The first-order chi connectivity index (χ1) is 5.72. The molecule has 1 amide bonds. The molecule has 3 heteroatoms. The fraction of sp³-hybridized carbons (Fsp3) is 0.889. The molecule has 2 aliphatic rings. The first-order valence-corrected chi connectivity index (χ1v) is 4.72. The number of carbonyl (C=O) groups is 1. The third kappa shape index (κ3) is 1.04. The van der Waals surface area contributed by atoms with E-state index in [0.717, 1.165) is 13.1 Å². The summed E-state index contributed by atoms with van der Waals surface area (Å²) in [5.74, 6) is 0.329. The summed E-state index contributed by atoms with van der Waals surface area (Å²) < 4.78 is 0. The molecule has 2 fully saturated rings. The van der Waals surface area contributed by atoms with Gasteiger partial charge in [-0.2, -0.15) is 0 Å². The summed E-state index contributed by atoms with van der Waals surface area (Å²) in [7, 11) is 2.15. The number of hydrogen-bond acceptors (Lipinski definition) is 2. The van der Waals surface area contributed by atoms with Crippen molar-refractivity contribution >= 4 is 5.91 Å². The van der Waals surface area contributed by atoms with Gasteiger partial charge in [0.1, 0.15) is 0 Å². The zero-order valence-electron chi connectivity index (χ0n) is 7.79. The van der Waals surface area contributed by atoms with Crippen LogP contribution in [0.15, 0.2) is 0 Å². The third-order valence-electron chi connectivity index (χ3n) is 3.14. The van der Waals surface area contributed by atoms with Crippen LogP contribution in [0.1, 0.15) is 19.8 Å². The van der Waals surface area contributed by atoms with E-state index < -0.39 is 0 Å². The molecule has 2 heterocycles. The quantitative estimate of drug-likeness (QED) is 0.562. The predicted octanol–water partition coefficient (Wildman–Crippen LogP) is 0.311. The minimum absolute atomic E-state index is 0.329. The molecule has 2 atom stereocenters. The number of hydrogen-bond donors (Lipinski definition) is 0. The van der Waals surface area contributed by atoms with E-state index in [-0.39, 0.29) is 0 Å². The van der Waals surface area contributed by atoms with E-state index in [1.807, 2.05) is 6.92 Å². The van der Waals surface area contributed by atoms with Crippen molar-refractivity contribution in [3.05, 3.63) is 0 Å². The summed E-state index contributed by atoms with van der Waals surface area (Å²) in [4.78, 5) is 15.8. The van der Waals surface area contributed by atoms with E-state index in [1.165, 1.54) is 6.42 Å². The summed E-state index contributed by atoms with van der Waals surface area (Å²) in [5.41, 5.74) is 0. The topological polar surface area (TPSA) is 23.6 Å². The number of piperazine rings is 1. The molecule has 0 spiro atoms. The largest absolute Gasteiger partial charge is 0.337 e. The van der Waals surface area contributed by atoms with Gasteiger partial charge in [-0.1, -0.05) is 6.92 Å². The van der Waals surface area contributed by atoms with Crippen LogP contribution in [0.25, 0.3) is 0 Å². The fourth-order valence-electron chi connectivity index (χ4n) is 2.37. The Morgan fingerprint density at radius 1 is 1.42 bits per heavy atom. The number of rotatable bonds is 1. The summed E-state index contributed by atoms with van der Waals surface area (Å²) in [6.07, 6.45) is 1.86. The van der Waals surface area contributed by atoms with Crippen molar-refractivity contribution in [2.75, 3.05) is 20.1 Å². The molecule has 2 saturated heterocycles. The summed E-state index contributed by atoms with van der Waals surface area (Å²) in [6, 6.07) is 1.16. The standard InChI is InChI=1S/C9H16N2O/c1-3-9(12)11-6-7-4-8(11)5-10(7)2/h7-8H,3-6H2,1-2H3/t7-,8-/m0/s1. The van der Waals surface area contributed by atoms with Crippen molar-refractivity contribution in [3.63, 3.8) is 0 Å². The number of likely N-dealkylation sites (tertiary alicyclic amines) is 2. The van der Waals surface area contributed by atoms with E-state index in [0.29, 0.717) is 24.4 Å². The number of nitrogens with zero attached hydrogens (tertiary/aromatic N) is 2. The molecule has 0 aromatic rings. The van der Waals surface area contributed by atoms with Gasteiger partial charge in [0.05, 0.1) is 0 Å². The van der Waals surface area contributed by atoms with Crippen LogP contribution in [0.5, 0.6) is 0 Å². The smallest absolute Gasteiger partial charge is 0.222 e. The lowest BCUT2D eigenvalue weighted by Crippen LogP contribution is -2.47. The average molecular weight is 168 g/mol. The van der Waals surface area contributed by atoms with Crippen LogP contribution in [-0.2, 0) is 4.79 Å². The molecule has 0 saturated carbocycles. The van der Waals surface area contributed by atoms with Crippen LogP contribution < -0.4 is 0 Å². The molecule has 0 aromatic heterocycles. The van der Waals surface area contributed by atoms with Crippen molar-refractivity contribution in [1.29, 1.82) is 0 Å². The minimum Gasteiger partial charge on any atom is -0.337 e. The molecule has 68 valence electrons. The maximum atomic E-state index is 11.4. The number of likely N-dealkylation sites (N-methyl/N-ethyl adjacent to an activating group) is 1. The summed E-state index contributed by atoms with van der Waals surface area (Å²) in [5, 5.41) is 0. The van der Waals surface area contributed by atoms with Crippen LogP contribution in [0.2, 0.25) is 0 Å². The van der Waals surface area contributed by atoms with Gasteiger partial charge in [-0.3, -0.25) is 9.69 Å². The Labute approximate surface area is 73.3 Å². The van der Waals surface area contributed by atoms with Crippen molar-refractivity contribution < 1.29 is 4.79 Å². The predicted molar refractivity (Wildman–Crippen MR) is 46.8 cm³/mol. The minimum atomic E-state index is 0.329. The molecule has 12 heavy (non-hydrogen) atoms. The molecule has 2 aliphatic heterocycles. The second-order valence-electron chi connectivity index (χ2n) is 3.88. The van der Waals surface area contributed by atoms with Gasteiger partial charge in [0.2, 0.25) is 5.91 Å². The van der Waals surface area contributed by atoms with Gasteiger partial charge in [-0.05, 0) is 13.5 Å². The first-order valence-electron chi connectivity index (χ1n) is 4.72. The van der Waals surface area contributed by atoms with E-state index in [4.69, 9.17) is 0 Å². The van der Waals surface area contributed by atoms with Crippen molar-refractivity contribution in [2.24, 2.45) is 0 Å². The normalized spacial score (nSPS) is 34.7. The van der Waals surface area contributed by atoms with E-state index in [2.05, 4.69) is 16.8 Å². The molecular weight excluding hydrogens is 152 g/mol. The van der Waals surface area contributed by atoms with Gasteiger partial charge in [0.25, 0.3) is 0 Å². The molecular formula is C9H16N2O. The van der Waals surface area contributed by atoms with E-state index in [9.17, 15) is 4.79 Å². The highest BCUT2D eigenvalue weighted by Gasteiger charge is 2.42. The molecule has 0 N–H and O–H groups in total. The molecule has 0 radical (unpaired) electrons. The SMILES string of the molecule is CCC(=O)N1C[C@@H]2C[C@H]1CN2C. The highest BCUT2D eigenvalue weighted by atomic mass is 16.2. The first kappa shape index (κ1) is 8.05. The van der Waals surface area contributed by atoms with Crippen LogP contribution in [0.3, 0.4) is 0 Å². The molecule has 3 nitrogen and oxygen atoms in total. The monoisotopic (exact) mass is 168 g/mol. The molecule has 2 rings (SSSR count). The Morgan fingerprint density at radius 2 is 2.17 bits per heavy atom. The fourth-order valence-corrected chi connectivity index (χ4v) is 2.37. The van der Waals surface area contributed by atoms with Crippen LogP contribution in [-0.4, -0.2) is 47.9 Å². The Kier molecular flexibility index (Phi) is 1.83. The Hall–Kier alpha value is -0.570. The number of amides is 1. The number of carbonyl (C=O) groups excluding carboxylic acids is 1. The lowest BCUT2D eigenvalue weighted by Gasteiger charge is -2.31. The maximum Gasteiger partial charge on any atom is 0.222 e. The Balaban J connectivity index is 2.02. The third-order valence-corrected chi connectivity index (χ3v) is 3.14. The lowest BCUT2D eigenvalue weighted by atomic mass is 10.2. The average Bonchev–Trinajstić information content (AvgIpc) is 2.60. The van der Waals surface area contributed by atoms with Crippen LogP contribution in [0.4, 0.5) is 0 Å². The van der Waals surface area contributed by atoms with Gasteiger partial charge in [0.15, 0.2) is 0 Å². The molecule has 0 unspecified atom stereocenters. The van der Waals surface area contributed by atoms with Gasteiger partial charge in [0, 0.05) is 31.6 Å². The second kappa shape index (κ2) is 2.73. The van der Waals surface area contributed by atoms with Crippen molar-refractivity contribution in [3.8, 4) is 0 Å². The maximum absolute atomic E-state index is 11.4. The van der Waals surface area contributed by atoms with Gasteiger partial charge >= 0.3 is 0 Å². The zero-order chi connectivity index (χ0) is 8.72. The van der Waals surface area contributed by atoms with E-state index in [1.54, 1.807) is 0 Å². The summed E-state index contributed by atoms with van der Waals surface area (Å²) in [6.45, 7) is 3.99. The van der Waals surface area contributed by atoms with Crippen LogP contribution in [0, 0.1) is 0 Å². The molecule has 0 aliphatic carbocycles. The highest BCUT2D eigenvalue weighted by molar-refractivity contribution is 5.76. The Morgan fingerprint density at radius 3 is 2.58 bits per heavy atom. The lowest BCUT2D eigenvalue weighted by molar-refractivity contribution is -0.133. The highest BCUT2D eigenvalue weighted by Crippen LogP contribution is 2.29. The Bertz CT molecular complexity index is 203. The van der Waals surface area contributed by atoms with Crippen molar-refractivity contribution in [2.45, 2.75) is 31.8 Å². The number of fused-ring (bicyclic) bond motifs is 2. The van der Waals surface area contributed by atoms with Gasteiger partial charge < -0.3 is 4.90 Å². The molecule has 2 bridgehead atoms. The summed E-state index contributed by atoms with van der Waals surface area (Å²) >= 11 is 0. The second-order valence-corrected chi connectivity index (χ2v) is 3.88. The van der Waals surface area contributed by atoms with Gasteiger partial charge in [-0.25, -0.2) is 0 Å².